The third kappa shape index (κ3) is 5.45. The highest BCUT2D eigenvalue weighted by Gasteiger charge is 2.47. The number of anilines is 6. The van der Waals surface area contributed by atoms with Gasteiger partial charge in [-0.05, 0) is 105 Å². The van der Waals surface area contributed by atoms with Crippen LogP contribution in [0.2, 0.25) is 0 Å². The maximum atomic E-state index is 6.74. The minimum Gasteiger partial charge on any atom is -0.457 e. The quantitative estimate of drug-likeness (QED) is 0.163. The van der Waals surface area contributed by atoms with E-state index < -0.39 is 0 Å². The van der Waals surface area contributed by atoms with Crippen LogP contribution < -0.4 is 30.2 Å². The van der Waals surface area contributed by atoms with Crippen LogP contribution in [-0.4, -0.2) is 6.71 Å². The van der Waals surface area contributed by atoms with Crippen LogP contribution in [0.3, 0.4) is 0 Å². The Hall–Kier alpha value is -5.26. The van der Waals surface area contributed by atoms with Gasteiger partial charge in [-0.25, -0.2) is 0 Å². The molecule has 290 valence electrons. The Bertz CT molecular complexity index is 2790. The Morgan fingerprint density at radius 2 is 1.12 bits per heavy atom. The molecule has 0 spiro atoms. The largest absolute Gasteiger partial charge is 0.457 e. The summed E-state index contributed by atoms with van der Waals surface area (Å²) in [6.45, 7) is 25.5. The third-order valence-electron chi connectivity index (χ3n) is 13.0. The van der Waals surface area contributed by atoms with Crippen LogP contribution in [0.4, 0.5) is 34.1 Å². The summed E-state index contributed by atoms with van der Waals surface area (Å²) in [7, 11) is 0. The average molecular weight is 777 g/mol. The average Bonchev–Trinajstić information content (AvgIpc) is 3.55. The van der Waals surface area contributed by atoms with Crippen molar-refractivity contribution in [2.45, 2.75) is 97.8 Å². The molecule has 0 aliphatic carbocycles. The van der Waals surface area contributed by atoms with Gasteiger partial charge in [-0.1, -0.05) is 137 Å². The second-order valence-corrected chi connectivity index (χ2v) is 21.3. The molecule has 4 heterocycles. The first kappa shape index (κ1) is 37.0. The SMILES string of the molecule is CC(C)(C)c1ccc(N2c3ccc(C(C)(C)C)cc3B3c4sc5c6c(ccc5c4N(c4ccc(C(C)(C)C)cc4)c4cccc2c43)Oc2ccccc2C6(C)C)cc1. The van der Waals surface area contributed by atoms with E-state index in [1.165, 1.54) is 87.7 Å². The van der Waals surface area contributed by atoms with Gasteiger partial charge in [-0.2, -0.15) is 0 Å². The number of hydrogen-bond donors (Lipinski definition) is 0. The monoisotopic (exact) mass is 776 g/mol. The van der Waals surface area contributed by atoms with Crippen LogP contribution in [-0.2, 0) is 21.7 Å². The van der Waals surface area contributed by atoms with Gasteiger partial charge in [0.15, 0.2) is 0 Å². The van der Waals surface area contributed by atoms with Crippen LogP contribution >= 0.6 is 11.3 Å². The Morgan fingerprint density at radius 3 is 1.74 bits per heavy atom. The van der Waals surface area contributed by atoms with Crippen molar-refractivity contribution in [3.63, 3.8) is 0 Å². The maximum absolute atomic E-state index is 6.74. The van der Waals surface area contributed by atoms with Crippen molar-refractivity contribution in [1.29, 1.82) is 0 Å². The normalized spacial score (nSPS) is 15.3. The Morgan fingerprint density at radius 1 is 0.552 bits per heavy atom. The number of para-hydroxylation sites is 1. The van der Waals surface area contributed by atoms with Gasteiger partial charge in [-0.3, -0.25) is 0 Å². The molecule has 3 aliphatic heterocycles. The molecule has 0 fully saturated rings. The van der Waals surface area contributed by atoms with E-state index in [-0.39, 0.29) is 28.4 Å². The van der Waals surface area contributed by atoms with Crippen LogP contribution in [0.1, 0.15) is 104 Å². The van der Waals surface area contributed by atoms with Crippen LogP contribution in [0.15, 0.2) is 121 Å². The van der Waals surface area contributed by atoms with Gasteiger partial charge in [0.1, 0.15) is 11.5 Å². The summed E-state index contributed by atoms with van der Waals surface area (Å²) >= 11 is 1.97. The van der Waals surface area contributed by atoms with Crippen molar-refractivity contribution >= 4 is 78.0 Å². The van der Waals surface area contributed by atoms with Gasteiger partial charge in [0.25, 0.3) is 6.71 Å². The minimum atomic E-state index is -0.256. The van der Waals surface area contributed by atoms with E-state index >= 15 is 0 Å². The fraction of sp³-hybridized carbons (Fsp3) is 0.283. The molecule has 0 radical (unpaired) electrons. The van der Waals surface area contributed by atoms with Crippen LogP contribution in [0.25, 0.3) is 10.1 Å². The summed E-state index contributed by atoms with van der Waals surface area (Å²) < 4.78 is 9.43. The topological polar surface area (TPSA) is 15.7 Å². The molecule has 0 saturated heterocycles. The number of fused-ring (bicyclic) bond motifs is 9. The predicted octanol–water partition coefficient (Wildman–Crippen LogP) is 13.3. The standard InChI is InChI=1S/C53H53BN2OS/c1-50(2,3)32-19-24-35(25-20-32)55-40-29-23-34(52(7,8)9)31-39(40)54-46-41(55)16-14-17-42(46)56(36-26-21-33(22-27-36)51(4,5)6)47-37-28-30-44-45(48(37)58-49(47)54)53(10,11)38-15-12-13-18-43(38)57-44/h12-31H,1-11H3. The van der Waals surface area contributed by atoms with E-state index in [9.17, 15) is 0 Å². The maximum Gasteiger partial charge on any atom is 0.264 e. The molecular weight excluding hydrogens is 723 g/mol. The van der Waals surface area contributed by atoms with Gasteiger partial charge >= 0.3 is 0 Å². The summed E-state index contributed by atoms with van der Waals surface area (Å²) in [5, 5.41) is 1.28. The molecule has 0 atom stereocenters. The second kappa shape index (κ2) is 12.4. The molecule has 0 unspecified atom stereocenters. The lowest BCUT2D eigenvalue weighted by Crippen LogP contribution is -2.60. The Labute approximate surface area is 349 Å². The first-order valence-electron chi connectivity index (χ1n) is 20.9. The Balaban J connectivity index is 1.29. The second-order valence-electron chi connectivity index (χ2n) is 20.3. The van der Waals surface area contributed by atoms with E-state index in [4.69, 9.17) is 4.74 Å². The van der Waals surface area contributed by atoms with E-state index in [0.717, 1.165) is 11.5 Å². The number of nitrogens with zero attached hydrogens (tertiary/aromatic N) is 2. The van der Waals surface area contributed by atoms with Gasteiger partial charge in [-0.15, -0.1) is 11.3 Å². The summed E-state index contributed by atoms with van der Waals surface area (Å²) in [4.78, 5) is 5.10. The summed E-state index contributed by atoms with van der Waals surface area (Å²) in [6, 6.07) is 46.0. The molecular formula is C53H53BN2OS. The molecule has 10 rings (SSSR count). The molecule has 58 heavy (non-hydrogen) atoms. The zero-order valence-corrected chi connectivity index (χ0v) is 36.7. The number of thiophene rings is 1. The summed E-state index contributed by atoms with van der Waals surface area (Å²) in [5.74, 6) is 1.91. The van der Waals surface area contributed by atoms with E-state index in [1.54, 1.807) is 0 Å². The van der Waals surface area contributed by atoms with Crippen LogP contribution in [0.5, 0.6) is 11.5 Å². The molecule has 0 bridgehead atoms. The van der Waals surface area contributed by atoms with E-state index in [2.05, 4.69) is 207 Å². The zero-order valence-electron chi connectivity index (χ0n) is 35.8. The van der Waals surface area contributed by atoms with Crippen molar-refractivity contribution in [2.75, 3.05) is 9.80 Å². The highest BCUT2D eigenvalue weighted by Crippen LogP contribution is 2.55. The lowest BCUT2D eigenvalue weighted by Gasteiger charge is -2.43. The highest BCUT2D eigenvalue weighted by atomic mass is 32.1. The number of hydrogen-bond acceptors (Lipinski definition) is 4. The fourth-order valence-electron chi connectivity index (χ4n) is 9.70. The lowest BCUT2D eigenvalue weighted by atomic mass is 9.36. The Kier molecular flexibility index (Phi) is 7.91. The summed E-state index contributed by atoms with van der Waals surface area (Å²) in [6.07, 6.45) is 0. The number of ether oxygens (including phenoxy) is 1. The number of rotatable bonds is 2. The molecule has 0 amide bonds. The smallest absolute Gasteiger partial charge is 0.264 e. The molecule has 6 aromatic carbocycles. The number of benzene rings is 6. The molecule has 5 heteroatoms. The van der Waals surface area contributed by atoms with Crippen molar-refractivity contribution < 1.29 is 4.74 Å². The van der Waals surface area contributed by atoms with Crippen molar-refractivity contribution in [3.05, 3.63) is 149 Å². The highest BCUT2D eigenvalue weighted by molar-refractivity contribution is 7.34. The predicted molar refractivity (Wildman–Crippen MR) is 251 cm³/mol. The van der Waals surface area contributed by atoms with Gasteiger partial charge in [0.05, 0.1) is 5.69 Å². The molecule has 7 aromatic rings. The molecule has 3 nitrogen and oxygen atoms in total. The van der Waals surface area contributed by atoms with Crippen LogP contribution in [0, 0.1) is 0 Å². The molecule has 0 N–H and O–H groups in total. The first-order chi connectivity index (χ1) is 27.4. The first-order valence-corrected chi connectivity index (χ1v) is 21.7. The van der Waals surface area contributed by atoms with Gasteiger partial charge < -0.3 is 14.5 Å². The van der Waals surface area contributed by atoms with Gasteiger partial charge in [0, 0.05) is 59.8 Å². The van der Waals surface area contributed by atoms with Gasteiger partial charge in [0.2, 0.25) is 0 Å². The van der Waals surface area contributed by atoms with Crippen molar-refractivity contribution in [3.8, 4) is 11.5 Å². The zero-order chi connectivity index (χ0) is 40.7. The van der Waals surface area contributed by atoms with Crippen molar-refractivity contribution in [2.24, 2.45) is 0 Å². The molecule has 0 saturated carbocycles. The third-order valence-corrected chi connectivity index (χ3v) is 14.2. The lowest BCUT2D eigenvalue weighted by molar-refractivity contribution is 0.421. The minimum absolute atomic E-state index is 0.0136. The van der Waals surface area contributed by atoms with E-state index in [0.29, 0.717) is 0 Å². The van der Waals surface area contributed by atoms with E-state index in [1.807, 2.05) is 11.3 Å². The molecule has 1 aromatic heterocycles. The summed E-state index contributed by atoms with van der Waals surface area (Å²) in [5.41, 5.74) is 16.4. The van der Waals surface area contributed by atoms with Crippen molar-refractivity contribution in [1.82, 2.24) is 0 Å². The fourth-order valence-corrected chi connectivity index (χ4v) is 11.3. The molecule has 3 aliphatic rings.